The number of nitrogens with one attached hydrogen (secondary N) is 2. The van der Waals surface area contributed by atoms with Gasteiger partial charge < -0.3 is 10.6 Å². The minimum atomic E-state index is -0.270. The fourth-order valence-electron chi connectivity index (χ4n) is 2.22. The van der Waals surface area contributed by atoms with Crippen LogP contribution < -0.4 is 10.6 Å². The summed E-state index contributed by atoms with van der Waals surface area (Å²) in [5, 5.41) is 5.53. The van der Waals surface area contributed by atoms with E-state index in [1.165, 1.54) is 18.7 Å². The first-order valence-electron chi connectivity index (χ1n) is 7.02. The van der Waals surface area contributed by atoms with Crippen molar-refractivity contribution in [2.24, 2.45) is 0 Å². The van der Waals surface area contributed by atoms with Crippen molar-refractivity contribution in [3.63, 3.8) is 0 Å². The molecule has 116 valence electrons. The number of carbonyl (C=O) groups excluding carboxylic acids is 3. The van der Waals surface area contributed by atoms with Gasteiger partial charge in [0.2, 0.25) is 5.91 Å². The lowest BCUT2D eigenvalue weighted by Crippen LogP contribution is -2.19. The number of thioether (sulfide) groups is 1. The van der Waals surface area contributed by atoms with Crippen LogP contribution in [0.5, 0.6) is 0 Å². The lowest BCUT2D eigenvalue weighted by atomic mass is 10.1. The molecule has 2 amide bonds. The van der Waals surface area contributed by atoms with E-state index in [0.29, 0.717) is 28.3 Å². The highest BCUT2D eigenvalue weighted by atomic mass is 32.2. The zero-order chi connectivity index (χ0) is 16.4. The summed E-state index contributed by atoms with van der Waals surface area (Å²) in [5.41, 5.74) is 2.32. The van der Waals surface area contributed by atoms with Gasteiger partial charge in [0, 0.05) is 21.7 Å². The summed E-state index contributed by atoms with van der Waals surface area (Å²) < 4.78 is 0. The van der Waals surface area contributed by atoms with Gasteiger partial charge in [0.1, 0.15) is 0 Å². The molecule has 0 saturated carbocycles. The van der Waals surface area contributed by atoms with Gasteiger partial charge in [-0.05, 0) is 49.4 Å². The molecule has 2 aromatic rings. The second kappa shape index (κ2) is 6.26. The summed E-state index contributed by atoms with van der Waals surface area (Å²) in [6.07, 6.45) is 0. The molecule has 0 spiro atoms. The van der Waals surface area contributed by atoms with Crippen molar-refractivity contribution in [2.45, 2.75) is 11.8 Å². The molecule has 1 heterocycles. The second-order valence-corrected chi connectivity index (χ2v) is 6.15. The average Bonchev–Trinajstić information content (AvgIpc) is 2.54. The summed E-state index contributed by atoms with van der Waals surface area (Å²) in [6, 6.07) is 11.9. The Bertz CT molecular complexity index is 800. The number of benzene rings is 2. The molecule has 0 atom stereocenters. The maximum atomic E-state index is 12.3. The monoisotopic (exact) mass is 326 g/mol. The number of ketones is 1. The lowest BCUT2D eigenvalue weighted by Gasteiger charge is -2.17. The molecule has 2 N–H and O–H groups in total. The average molecular weight is 326 g/mol. The first-order chi connectivity index (χ1) is 11.0. The number of anilines is 2. The molecule has 0 saturated heterocycles. The van der Waals surface area contributed by atoms with Gasteiger partial charge in [0.05, 0.1) is 11.4 Å². The van der Waals surface area contributed by atoms with Crippen LogP contribution in [0.15, 0.2) is 47.4 Å². The van der Waals surface area contributed by atoms with Crippen LogP contribution in [0.4, 0.5) is 11.4 Å². The van der Waals surface area contributed by atoms with E-state index in [1.54, 1.807) is 36.4 Å². The van der Waals surface area contributed by atoms with Crippen molar-refractivity contribution in [1.82, 2.24) is 0 Å². The molecule has 0 aromatic heterocycles. The van der Waals surface area contributed by atoms with E-state index < -0.39 is 0 Å². The predicted octanol–water partition coefficient (Wildman–Crippen LogP) is 3.19. The molecule has 5 nitrogen and oxygen atoms in total. The largest absolute Gasteiger partial charge is 0.324 e. The SMILES string of the molecule is CC(=O)c1ccc(NC(=O)c2ccc3c(c2)NC(=O)CS3)cc1. The summed E-state index contributed by atoms with van der Waals surface area (Å²) in [4.78, 5) is 35.9. The number of hydrogen-bond acceptors (Lipinski definition) is 4. The minimum absolute atomic E-state index is 0.0224. The normalized spacial score (nSPS) is 13.0. The van der Waals surface area contributed by atoms with Crippen molar-refractivity contribution in [3.05, 3.63) is 53.6 Å². The number of fused-ring (bicyclic) bond motifs is 1. The summed E-state index contributed by atoms with van der Waals surface area (Å²) in [5.74, 6) is 0.0278. The molecule has 2 aromatic carbocycles. The van der Waals surface area contributed by atoms with Crippen molar-refractivity contribution >= 4 is 40.7 Å². The molecule has 0 aliphatic carbocycles. The third-order valence-corrected chi connectivity index (χ3v) is 4.50. The molecule has 0 radical (unpaired) electrons. The molecule has 23 heavy (non-hydrogen) atoms. The van der Waals surface area contributed by atoms with E-state index >= 15 is 0 Å². The molecule has 3 rings (SSSR count). The standard InChI is InChI=1S/C17H14N2O3S/c1-10(20)11-2-5-13(6-3-11)18-17(22)12-4-7-15-14(8-12)19-16(21)9-23-15/h2-8H,9H2,1H3,(H,18,22)(H,19,21). The van der Waals surface area contributed by atoms with Crippen molar-refractivity contribution in [1.29, 1.82) is 0 Å². The van der Waals surface area contributed by atoms with Gasteiger partial charge in [-0.15, -0.1) is 11.8 Å². The maximum absolute atomic E-state index is 12.3. The Morgan fingerprint density at radius 2 is 1.78 bits per heavy atom. The highest BCUT2D eigenvalue weighted by Gasteiger charge is 2.17. The zero-order valence-electron chi connectivity index (χ0n) is 12.4. The van der Waals surface area contributed by atoms with Gasteiger partial charge in [0.15, 0.2) is 5.78 Å². The van der Waals surface area contributed by atoms with Crippen molar-refractivity contribution in [2.75, 3.05) is 16.4 Å². The van der Waals surface area contributed by atoms with E-state index in [1.807, 2.05) is 6.07 Å². The fraction of sp³-hybridized carbons (Fsp3) is 0.118. The number of amides is 2. The smallest absolute Gasteiger partial charge is 0.255 e. The van der Waals surface area contributed by atoms with E-state index in [4.69, 9.17) is 0 Å². The van der Waals surface area contributed by atoms with Crippen LogP contribution in [0.25, 0.3) is 0 Å². The Morgan fingerprint density at radius 3 is 2.48 bits per heavy atom. The van der Waals surface area contributed by atoms with E-state index in [2.05, 4.69) is 10.6 Å². The molecule has 0 unspecified atom stereocenters. The molecular formula is C17H14N2O3S. The van der Waals surface area contributed by atoms with Gasteiger partial charge >= 0.3 is 0 Å². The lowest BCUT2D eigenvalue weighted by molar-refractivity contribution is -0.113. The first-order valence-corrected chi connectivity index (χ1v) is 8.00. The van der Waals surface area contributed by atoms with Crippen LogP contribution in [0, 0.1) is 0 Å². The summed E-state index contributed by atoms with van der Waals surface area (Å²) in [7, 11) is 0. The first kappa shape index (κ1) is 15.3. The molecule has 1 aliphatic heterocycles. The van der Waals surface area contributed by atoms with Crippen LogP contribution in [-0.4, -0.2) is 23.4 Å². The number of rotatable bonds is 3. The Kier molecular flexibility index (Phi) is 4.16. The molecule has 1 aliphatic rings. The van der Waals surface area contributed by atoms with Crippen LogP contribution in [0.1, 0.15) is 27.6 Å². The highest BCUT2D eigenvalue weighted by Crippen LogP contribution is 2.32. The topological polar surface area (TPSA) is 75.3 Å². The zero-order valence-corrected chi connectivity index (χ0v) is 13.2. The van der Waals surface area contributed by atoms with Crippen molar-refractivity contribution < 1.29 is 14.4 Å². The van der Waals surface area contributed by atoms with Crippen LogP contribution in [0.3, 0.4) is 0 Å². The van der Waals surface area contributed by atoms with Gasteiger partial charge in [-0.25, -0.2) is 0 Å². The van der Waals surface area contributed by atoms with E-state index in [9.17, 15) is 14.4 Å². The summed E-state index contributed by atoms with van der Waals surface area (Å²) >= 11 is 1.45. The molecule has 0 bridgehead atoms. The Morgan fingerprint density at radius 1 is 1.09 bits per heavy atom. The third kappa shape index (κ3) is 3.43. The van der Waals surface area contributed by atoms with Crippen LogP contribution >= 0.6 is 11.8 Å². The Balaban J connectivity index is 1.77. The maximum Gasteiger partial charge on any atom is 0.255 e. The summed E-state index contributed by atoms with van der Waals surface area (Å²) in [6.45, 7) is 1.49. The third-order valence-electron chi connectivity index (χ3n) is 3.42. The van der Waals surface area contributed by atoms with Crippen LogP contribution in [-0.2, 0) is 4.79 Å². The quantitative estimate of drug-likeness (QED) is 0.850. The molecular weight excluding hydrogens is 312 g/mol. The second-order valence-electron chi connectivity index (χ2n) is 5.14. The van der Waals surface area contributed by atoms with E-state index in [-0.39, 0.29) is 17.6 Å². The fourth-order valence-corrected chi connectivity index (χ4v) is 3.00. The highest BCUT2D eigenvalue weighted by molar-refractivity contribution is 8.00. The van der Waals surface area contributed by atoms with Gasteiger partial charge in [-0.3, -0.25) is 14.4 Å². The Hall–Kier alpha value is -2.60. The van der Waals surface area contributed by atoms with Gasteiger partial charge in [-0.1, -0.05) is 0 Å². The number of Topliss-reactive ketones (excluding diaryl/α,β-unsaturated/α-hetero) is 1. The van der Waals surface area contributed by atoms with Gasteiger partial charge in [0.25, 0.3) is 5.91 Å². The Labute approximate surface area is 137 Å². The number of carbonyl (C=O) groups is 3. The van der Waals surface area contributed by atoms with Gasteiger partial charge in [-0.2, -0.15) is 0 Å². The molecule has 0 fully saturated rings. The minimum Gasteiger partial charge on any atom is -0.324 e. The number of hydrogen-bond donors (Lipinski definition) is 2. The predicted molar refractivity (Wildman–Crippen MR) is 90.2 cm³/mol. The molecule has 6 heteroatoms. The van der Waals surface area contributed by atoms with Crippen LogP contribution in [0.2, 0.25) is 0 Å². The van der Waals surface area contributed by atoms with Crippen molar-refractivity contribution in [3.8, 4) is 0 Å². The van der Waals surface area contributed by atoms with E-state index in [0.717, 1.165) is 4.90 Å².